The number of thioether (sulfide) groups is 1. The highest BCUT2D eigenvalue weighted by Gasteiger charge is 2.03. The van der Waals surface area contributed by atoms with E-state index in [4.69, 9.17) is 0 Å². The number of nitrogens with one attached hydrogen (secondary N) is 1. The van der Waals surface area contributed by atoms with Crippen LogP contribution in [0.2, 0.25) is 0 Å². The lowest BCUT2D eigenvalue weighted by atomic mass is 10.3. The molecule has 1 heterocycles. The van der Waals surface area contributed by atoms with Crippen LogP contribution in [0, 0.1) is 13.8 Å². The quantitative estimate of drug-likeness (QED) is 0.617. The Morgan fingerprint density at radius 3 is 2.60 bits per heavy atom. The maximum Gasteiger partial charge on any atom is 0.254 e. The highest BCUT2D eigenvalue weighted by atomic mass is 32.2. The molecular formula is C10H17N3OS. The summed E-state index contributed by atoms with van der Waals surface area (Å²) in [4.78, 5) is 20.6. The fourth-order valence-corrected chi connectivity index (χ4v) is 2.03. The number of hydrogen-bond acceptors (Lipinski definition) is 4. The average molecular weight is 227 g/mol. The number of rotatable bonds is 4. The van der Waals surface area contributed by atoms with Crippen molar-refractivity contribution in [3.8, 4) is 0 Å². The number of aromatic nitrogens is 2. The van der Waals surface area contributed by atoms with Crippen molar-refractivity contribution in [1.29, 1.82) is 0 Å². The van der Waals surface area contributed by atoms with Crippen molar-refractivity contribution in [2.75, 3.05) is 26.4 Å². The van der Waals surface area contributed by atoms with E-state index in [1.165, 1.54) is 0 Å². The molecule has 1 N–H and O–H groups in total. The third-order valence-electron chi connectivity index (χ3n) is 2.15. The van der Waals surface area contributed by atoms with Gasteiger partial charge in [0.15, 0.2) is 5.16 Å². The first-order valence-electron chi connectivity index (χ1n) is 4.85. The maximum absolute atomic E-state index is 11.4. The van der Waals surface area contributed by atoms with Gasteiger partial charge in [0.1, 0.15) is 0 Å². The van der Waals surface area contributed by atoms with E-state index in [-0.39, 0.29) is 5.56 Å². The smallest absolute Gasteiger partial charge is 0.254 e. The van der Waals surface area contributed by atoms with Crippen molar-refractivity contribution in [2.24, 2.45) is 0 Å². The van der Waals surface area contributed by atoms with Gasteiger partial charge in [-0.05, 0) is 27.9 Å². The van der Waals surface area contributed by atoms with Gasteiger partial charge in [0.2, 0.25) is 0 Å². The van der Waals surface area contributed by atoms with E-state index in [1.807, 2.05) is 21.0 Å². The molecule has 1 aromatic heterocycles. The SMILES string of the molecule is Cc1nc(SCCN(C)C)[nH]c(=O)c1C. The Morgan fingerprint density at radius 2 is 2.07 bits per heavy atom. The Labute approximate surface area is 94.1 Å². The minimum absolute atomic E-state index is 0.0325. The van der Waals surface area contributed by atoms with Crippen molar-refractivity contribution in [3.05, 3.63) is 21.6 Å². The van der Waals surface area contributed by atoms with Crippen molar-refractivity contribution >= 4 is 11.8 Å². The number of hydrogen-bond donors (Lipinski definition) is 1. The highest BCUT2D eigenvalue weighted by Crippen LogP contribution is 2.11. The first-order chi connectivity index (χ1) is 7.00. The second-order valence-electron chi connectivity index (χ2n) is 3.73. The Morgan fingerprint density at radius 1 is 1.40 bits per heavy atom. The van der Waals surface area contributed by atoms with E-state index >= 15 is 0 Å². The van der Waals surface area contributed by atoms with Gasteiger partial charge in [-0.3, -0.25) is 4.79 Å². The van der Waals surface area contributed by atoms with Crippen molar-refractivity contribution in [1.82, 2.24) is 14.9 Å². The molecule has 0 radical (unpaired) electrons. The molecule has 5 heteroatoms. The largest absolute Gasteiger partial charge is 0.309 e. The summed E-state index contributed by atoms with van der Waals surface area (Å²) in [7, 11) is 4.05. The molecule has 0 fully saturated rings. The predicted octanol–water partition coefficient (Wildman–Crippen LogP) is 1.04. The molecule has 0 aliphatic rings. The number of nitrogens with zero attached hydrogens (tertiary/aromatic N) is 2. The molecule has 1 rings (SSSR count). The van der Waals surface area contributed by atoms with Crippen LogP contribution in [0.3, 0.4) is 0 Å². The van der Waals surface area contributed by atoms with Crippen LogP contribution in [-0.2, 0) is 0 Å². The summed E-state index contributed by atoms with van der Waals surface area (Å²) >= 11 is 1.58. The van der Waals surface area contributed by atoms with E-state index in [9.17, 15) is 4.79 Å². The zero-order chi connectivity index (χ0) is 11.4. The van der Waals surface area contributed by atoms with Gasteiger partial charge in [-0.1, -0.05) is 11.8 Å². The van der Waals surface area contributed by atoms with Gasteiger partial charge in [-0.25, -0.2) is 4.98 Å². The minimum Gasteiger partial charge on any atom is -0.309 e. The molecule has 0 aliphatic heterocycles. The topological polar surface area (TPSA) is 49.0 Å². The standard InChI is InChI=1S/C10H17N3OS/c1-7-8(2)11-10(12-9(7)14)15-6-5-13(3)4/h5-6H2,1-4H3,(H,11,12,14). The van der Waals surface area contributed by atoms with E-state index in [0.29, 0.717) is 10.7 Å². The molecule has 15 heavy (non-hydrogen) atoms. The molecule has 0 spiro atoms. The minimum atomic E-state index is -0.0325. The first kappa shape index (κ1) is 12.3. The Balaban J connectivity index is 2.67. The van der Waals surface area contributed by atoms with Crippen LogP contribution in [-0.4, -0.2) is 41.3 Å². The molecule has 4 nitrogen and oxygen atoms in total. The lowest BCUT2D eigenvalue weighted by Gasteiger charge is -2.08. The van der Waals surface area contributed by atoms with Gasteiger partial charge >= 0.3 is 0 Å². The molecule has 0 amide bonds. The number of aromatic amines is 1. The predicted molar refractivity (Wildman–Crippen MR) is 63.6 cm³/mol. The molecule has 0 saturated carbocycles. The Kier molecular flexibility index (Phi) is 4.35. The van der Waals surface area contributed by atoms with Crippen molar-refractivity contribution in [2.45, 2.75) is 19.0 Å². The van der Waals surface area contributed by atoms with E-state index in [2.05, 4.69) is 14.9 Å². The zero-order valence-electron chi connectivity index (χ0n) is 9.63. The van der Waals surface area contributed by atoms with Crippen LogP contribution < -0.4 is 5.56 Å². The molecule has 0 aliphatic carbocycles. The molecular weight excluding hydrogens is 210 g/mol. The molecule has 0 aromatic carbocycles. The third-order valence-corrected chi connectivity index (χ3v) is 3.00. The molecule has 1 aromatic rings. The summed E-state index contributed by atoms with van der Waals surface area (Å²) in [6.45, 7) is 4.62. The van der Waals surface area contributed by atoms with Crippen molar-refractivity contribution < 1.29 is 0 Å². The van der Waals surface area contributed by atoms with E-state index < -0.39 is 0 Å². The summed E-state index contributed by atoms with van der Waals surface area (Å²) in [6, 6.07) is 0. The zero-order valence-corrected chi connectivity index (χ0v) is 10.4. The lowest BCUT2D eigenvalue weighted by Crippen LogP contribution is -2.17. The maximum atomic E-state index is 11.4. The Hall–Kier alpha value is -0.810. The van der Waals surface area contributed by atoms with Gasteiger partial charge in [-0.2, -0.15) is 0 Å². The number of aryl methyl sites for hydroxylation is 1. The molecule has 0 bridgehead atoms. The summed E-state index contributed by atoms with van der Waals surface area (Å²) < 4.78 is 0. The van der Waals surface area contributed by atoms with Crippen LogP contribution in [0.4, 0.5) is 0 Å². The monoisotopic (exact) mass is 227 g/mol. The summed E-state index contributed by atoms with van der Waals surface area (Å²) in [6.07, 6.45) is 0. The number of H-pyrrole nitrogens is 1. The van der Waals surface area contributed by atoms with Crippen LogP contribution in [0.25, 0.3) is 0 Å². The van der Waals surface area contributed by atoms with Crippen LogP contribution in [0.1, 0.15) is 11.3 Å². The molecule has 0 atom stereocenters. The van der Waals surface area contributed by atoms with Crippen LogP contribution in [0.5, 0.6) is 0 Å². The fraction of sp³-hybridized carbons (Fsp3) is 0.600. The Bertz CT molecular complexity index is 387. The lowest BCUT2D eigenvalue weighted by molar-refractivity contribution is 0.437. The van der Waals surface area contributed by atoms with Gasteiger partial charge in [0, 0.05) is 23.6 Å². The molecule has 0 unspecified atom stereocenters. The van der Waals surface area contributed by atoms with Gasteiger partial charge in [-0.15, -0.1) is 0 Å². The highest BCUT2D eigenvalue weighted by molar-refractivity contribution is 7.99. The second-order valence-corrected chi connectivity index (χ2v) is 4.82. The normalized spacial score (nSPS) is 11.0. The molecule has 84 valence electrons. The van der Waals surface area contributed by atoms with Gasteiger partial charge in [0.25, 0.3) is 5.56 Å². The summed E-state index contributed by atoms with van der Waals surface area (Å²) in [5.41, 5.74) is 1.48. The fourth-order valence-electron chi connectivity index (χ4n) is 1.01. The van der Waals surface area contributed by atoms with Crippen molar-refractivity contribution in [3.63, 3.8) is 0 Å². The second kappa shape index (κ2) is 5.32. The van der Waals surface area contributed by atoms with Gasteiger partial charge in [0.05, 0.1) is 0 Å². The summed E-state index contributed by atoms with van der Waals surface area (Å²) in [5, 5.41) is 0.713. The van der Waals surface area contributed by atoms with Crippen LogP contribution >= 0.6 is 11.8 Å². The molecule has 0 saturated heterocycles. The van der Waals surface area contributed by atoms with E-state index in [1.54, 1.807) is 18.7 Å². The van der Waals surface area contributed by atoms with Crippen LogP contribution in [0.15, 0.2) is 9.95 Å². The third kappa shape index (κ3) is 3.68. The average Bonchev–Trinajstić information content (AvgIpc) is 2.13. The van der Waals surface area contributed by atoms with E-state index in [0.717, 1.165) is 18.0 Å². The summed E-state index contributed by atoms with van der Waals surface area (Å²) in [5.74, 6) is 0.929. The van der Waals surface area contributed by atoms with Gasteiger partial charge < -0.3 is 9.88 Å². The first-order valence-corrected chi connectivity index (χ1v) is 5.84.